The van der Waals surface area contributed by atoms with Gasteiger partial charge in [0, 0.05) is 0 Å². The lowest BCUT2D eigenvalue weighted by molar-refractivity contribution is 0.580. The fourth-order valence-corrected chi connectivity index (χ4v) is 1.30. The minimum atomic E-state index is 0.359. The van der Waals surface area contributed by atoms with Gasteiger partial charge in [0.15, 0.2) is 16.8 Å². The molecular formula is C7H4BrClN2O. The van der Waals surface area contributed by atoms with Crippen molar-refractivity contribution in [1.29, 1.82) is 0 Å². The van der Waals surface area contributed by atoms with Crippen LogP contribution in [0.5, 0.6) is 0 Å². The lowest BCUT2D eigenvalue weighted by atomic mass is 10.4. The van der Waals surface area contributed by atoms with Crippen LogP contribution in [0.2, 0.25) is 5.22 Å². The summed E-state index contributed by atoms with van der Waals surface area (Å²) in [5.74, 6) is 1.29. The Bertz CT molecular complexity index is 357. The van der Waals surface area contributed by atoms with Crippen LogP contribution >= 0.6 is 27.5 Å². The second-order valence-electron chi connectivity index (χ2n) is 2.18. The summed E-state index contributed by atoms with van der Waals surface area (Å²) in [6.07, 6.45) is 1.66. The highest BCUT2D eigenvalue weighted by atomic mass is 79.9. The van der Waals surface area contributed by atoms with Crippen LogP contribution in [0.25, 0.3) is 11.6 Å². The molecule has 0 bridgehead atoms. The van der Waals surface area contributed by atoms with Crippen molar-refractivity contribution in [2.24, 2.45) is 0 Å². The Morgan fingerprint density at radius 3 is 2.83 bits per heavy atom. The van der Waals surface area contributed by atoms with Crippen molar-refractivity contribution < 1.29 is 4.42 Å². The van der Waals surface area contributed by atoms with Crippen LogP contribution in [0, 0.1) is 0 Å². The molecule has 5 heteroatoms. The van der Waals surface area contributed by atoms with E-state index in [0.29, 0.717) is 16.8 Å². The SMILES string of the molecule is Clc1ccc(-c2ncc(Br)[nH]2)o1. The first-order valence-electron chi connectivity index (χ1n) is 3.22. The van der Waals surface area contributed by atoms with E-state index in [9.17, 15) is 0 Å². The summed E-state index contributed by atoms with van der Waals surface area (Å²) in [4.78, 5) is 7.00. The van der Waals surface area contributed by atoms with Crippen molar-refractivity contribution in [3.8, 4) is 11.6 Å². The molecule has 0 fully saturated rings. The van der Waals surface area contributed by atoms with Gasteiger partial charge >= 0.3 is 0 Å². The number of halogens is 2. The number of furan rings is 1. The van der Waals surface area contributed by atoms with Crippen LogP contribution in [-0.4, -0.2) is 9.97 Å². The van der Waals surface area contributed by atoms with Crippen molar-refractivity contribution >= 4 is 27.5 Å². The lowest BCUT2D eigenvalue weighted by Gasteiger charge is -1.86. The minimum absolute atomic E-state index is 0.359. The number of hydrogen-bond donors (Lipinski definition) is 1. The monoisotopic (exact) mass is 246 g/mol. The van der Waals surface area contributed by atoms with E-state index >= 15 is 0 Å². The highest BCUT2D eigenvalue weighted by molar-refractivity contribution is 9.10. The maximum Gasteiger partial charge on any atom is 0.194 e. The number of aromatic nitrogens is 2. The Morgan fingerprint density at radius 2 is 2.33 bits per heavy atom. The number of nitrogens with zero attached hydrogens (tertiary/aromatic N) is 1. The molecule has 0 amide bonds. The van der Waals surface area contributed by atoms with E-state index in [1.807, 2.05) is 0 Å². The molecule has 0 atom stereocenters. The second-order valence-corrected chi connectivity index (χ2v) is 3.41. The zero-order valence-corrected chi connectivity index (χ0v) is 8.19. The fraction of sp³-hybridized carbons (Fsp3) is 0. The fourth-order valence-electron chi connectivity index (χ4n) is 0.866. The van der Waals surface area contributed by atoms with Crippen molar-refractivity contribution in [3.05, 3.63) is 28.2 Å². The molecule has 2 aromatic rings. The Hall–Kier alpha value is -0.740. The molecule has 0 aliphatic heterocycles. The summed E-state index contributed by atoms with van der Waals surface area (Å²) < 4.78 is 5.94. The molecule has 0 radical (unpaired) electrons. The van der Waals surface area contributed by atoms with E-state index in [2.05, 4.69) is 25.9 Å². The van der Waals surface area contributed by atoms with Crippen LogP contribution in [0.4, 0.5) is 0 Å². The molecule has 0 saturated heterocycles. The zero-order valence-electron chi connectivity index (χ0n) is 5.84. The van der Waals surface area contributed by atoms with Gasteiger partial charge in [0.25, 0.3) is 0 Å². The molecule has 0 aliphatic rings. The predicted octanol–water partition coefficient (Wildman–Crippen LogP) is 3.09. The molecule has 62 valence electrons. The first kappa shape index (κ1) is 7.89. The Balaban J connectivity index is 2.43. The van der Waals surface area contributed by atoms with Gasteiger partial charge in [-0.15, -0.1) is 0 Å². The number of aromatic amines is 1. The van der Waals surface area contributed by atoms with Gasteiger partial charge in [-0.2, -0.15) is 0 Å². The number of imidazole rings is 1. The van der Waals surface area contributed by atoms with E-state index < -0.39 is 0 Å². The number of nitrogens with one attached hydrogen (secondary N) is 1. The summed E-state index contributed by atoms with van der Waals surface area (Å²) in [5, 5.41) is 0.359. The third-order valence-electron chi connectivity index (χ3n) is 1.35. The maximum absolute atomic E-state index is 5.60. The van der Waals surface area contributed by atoms with Gasteiger partial charge in [0.05, 0.1) is 6.20 Å². The summed E-state index contributed by atoms with van der Waals surface area (Å²) >= 11 is 8.84. The third-order valence-corrected chi connectivity index (χ3v) is 1.96. The van der Waals surface area contributed by atoms with Gasteiger partial charge < -0.3 is 9.40 Å². The van der Waals surface area contributed by atoms with Crippen molar-refractivity contribution in [2.75, 3.05) is 0 Å². The van der Waals surface area contributed by atoms with Gasteiger partial charge in [0.1, 0.15) is 4.60 Å². The highest BCUT2D eigenvalue weighted by Crippen LogP contribution is 2.22. The molecular weight excluding hydrogens is 243 g/mol. The van der Waals surface area contributed by atoms with Gasteiger partial charge in [-0.05, 0) is 39.7 Å². The maximum atomic E-state index is 5.60. The van der Waals surface area contributed by atoms with Gasteiger partial charge in [-0.3, -0.25) is 0 Å². The van der Waals surface area contributed by atoms with Crippen molar-refractivity contribution in [3.63, 3.8) is 0 Å². The molecule has 2 heterocycles. The van der Waals surface area contributed by atoms with E-state index in [1.165, 1.54) is 0 Å². The van der Waals surface area contributed by atoms with E-state index in [-0.39, 0.29) is 0 Å². The smallest absolute Gasteiger partial charge is 0.194 e. The Kier molecular flexibility index (Phi) is 1.94. The molecule has 0 saturated carbocycles. The largest absolute Gasteiger partial charge is 0.441 e. The molecule has 3 nitrogen and oxygen atoms in total. The van der Waals surface area contributed by atoms with E-state index in [4.69, 9.17) is 16.0 Å². The summed E-state index contributed by atoms with van der Waals surface area (Å²) in [5.41, 5.74) is 0. The van der Waals surface area contributed by atoms with Gasteiger partial charge in [-0.1, -0.05) is 0 Å². The molecule has 0 aliphatic carbocycles. The minimum Gasteiger partial charge on any atom is -0.441 e. The van der Waals surface area contributed by atoms with Crippen molar-refractivity contribution in [2.45, 2.75) is 0 Å². The molecule has 1 N–H and O–H groups in total. The van der Waals surface area contributed by atoms with Crippen LogP contribution in [0.1, 0.15) is 0 Å². The summed E-state index contributed by atoms with van der Waals surface area (Å²) in [6.45, 7) is 0. The van der Waals surface area contributed by atoms with Crippen LogP contribution in [-0.2, 0) is 0 Å². The quantitative estimate of drug-likeness (QED) is 0.841. The van der Waals surface area contributed by atoms with Gasteiger partial charge in [0.2, 0.25) is 0 Å². The molecule has 12 heavy (non-hydrogen) atoms. The highest BCUT2D eigenvalue weighted by Gasteiger charge is 2.05. The Morgan fingerprint density at radius 1 is 1.50 bits per heavy atom. The summed E-state index contributed by atoms with van der Waals surface area (Å²) in [6, 6.07) is 3.43. The van der Waals surface area contributed by atoms with Crippen LogP contribution in [0.3, 0.4) is 0 Å². The van der Waals surface area contributed by atoms with E-state index in [1.54, 1.807) is 18.3 Å². The molecule has 0 aromatic carbocycles. The van der Waals surface area contributed by atoms with Crippen molar-refractivity contribution in [1.82, 2.24) is 9.97 Å². The summed E-state index contributed by atoms with van der Waals surface area (Å²) in [7, 11) is 0. The lowest BCUT2D eigenvalue weighted by Crippen LogP contribution is -1.74. The zero-order chi connectivity index (χ0) is 8.55. The van der Waals surface area contributed by atoms with Crippen LogP contribution < -0.4 is 0 Å². The first-order valence-corrected chi connectivity index (χ1v) is 4.39. The first-order chi connectivity index (χ1) is 5.75. The topological polar surface area (TPSA) is 41.8 Å². The molecule has 2 rings (SSSR count). The standard InChI is InChI=1S/C7H4BrClN2O/c8-5-3-10-7(11-5)4-1-2-6(9)12-4/h1-3H,(H,10,11). The van der Waals surface area contributed by atoms with E-state index in [0.717, 1.165) is 4.60 Å². The molecule has 0 spiro atoms. The number of rotatable bonds is 1. The second kappa shape index (κ2) is 2.95. The normalized spacial score (nSPS) is 10.5. The van der Waals surface area contributed by atoms with Gasteiger partial charge in [-0.25, -0.2) is 4.98 Å². The number of H-pyrrole nitrogens is 1. The van der Waals surface area contributed by atoms with Crippen LogP contribution in [0.15, 0.2) is 27.3 Å². The Labute approximate surface area is 81.9 Å². The average Bonchev–Trinajstić information content (AvgIpc) is 2.58. The third kappa shape index (κ3) is 1.40. The predicted molar refractivity (Wildman–Crippen MR) is 49.0 cm³/mol. The molecule has 2 aromatic heterocycles. The number of hydrogen-bond acceptors (Lipinski definition) is 2. The average molecular weight is 247 g/mol. The molecule has 0 unspecified atom stereocenters.